The Kier molecular flexibility index (Phi) is 8.28. The van der Waals surface area contributed by atoms with E-state index in [1.54, 1.807) is 7.11 Å². The van der Waals surface area contributed by atoms with Gasteiger partial charge in [0.05, 0.1) is 6.61 Å². The lowest BCUT2D eigenvalue weighted by Gasteiger charge is -2.15. The summed E-state index contributed by atoms with van der Waals surface area (Å²) < 4.78 is 10.5. The average Bonchev–Trinajstić information content (AvgIpc) is 2.50. The maximum Gasteiger partial charge on any atom is 0.242 e. The molecule has 1 aromatic rings. The Labute approximate surface area is 127 Å². The lowest BCUT2D eigenvalue weighted by Crippen LogP contribution is -2.38. The molecule has 0 radical (unpaired) electrons. The molecule has 0 fully saturated rings. The highest BCUT2D eigenvalue weighted by Gasteiger charge is 2.11. The first-order chi connectivity index (χ1) is 10.2. The molecule has 5 heteroatoms. The fourth-order valence-electron chi connectivity index (χ4n) is 1.76. The van der Waals surface area contributed by atoms with E-state index < -0.39 is 0 Å². The van der Waals surface area contributed by atoms with Crippen molar-refractivity contribution in [3.63, 3.8) is 0 Å². The largest absolute Gasteiger partial charge is 0.494 e. The fraction of sp³-hybridized carbons (Fsp3) is 0.562. The maximum absolute atomic E-state index is 11.9. The molecule has 0 aromatic heterocycles. The van der Waals surface area contributed by atoms with Gasteiger partial charge in [-0.05, 0) is 44.0 Å². The Morgan fingerprint density at radius 1 is 1.24 bits per heavy atom. The second-order valence-electron chi connectivity index (χ2n) is 4.88. The van der Waals surface area contributed by atoms with E-state index in [0.717, 1.165) is 24.3 Å². The van der Waals surface area contributed by atoms with Crippen molar-refractivity contribution in [3.8, 4) is 5.75 Å². The average molecular weight is 294 g/mol. The van der Waals surface area contributed by atoms with Crippen LogP contribution in [0.15, 0.2) is 24.3 Å². The molecule has 1 amide bonds. The van der Waals surface area contributed by atoms with Crippen molar-refractivity contribution in [1.82, 2.24) is 5.32 Å². The lowest BCUT2D eigenvalue weighted by atomic mass is 10.2. The molecule has 0 saturated carbocycles. The second kappa shape index (κ2) is 10.0. The van der Waals surface area contributed by atoms with Gasteiger partial charge >= 0.3 is 0 Å². The highest BCUT2D eigenvalue weighted by molar-refractivity contribution is 5.84. The van der Waals surface area contributed by atoms with Crippen LogP contribution in [0.2, 0.25) is 0 Å². The third-order valence-corrected chi connectivity index (χ3v) is 2.93. The van der Waals surface area contributed by atoms with E-state index in [-0.39, 0.29) is 11.9 Å². The summed E-state index contributed by atoms with van der Waals surface area (Å²) >= 11 is 0. The van der Waals surface area contributed by atoms with Gasteiger partial charge in [0.1, 0.15) is 11.8 Å². The normalized spacial score (nSPS) is 11.8. The molecule has 0 saturated heterocycles. The van der Waals surface area contributed by atoms with Crippen LogP contribution in [0.25, 0.3) is 0 Å². The number of anilines is 1. The van der Waals surface area contributed by atoms with Crippen LogP contribution in [-0.2, 0) is 9.53 Å². The number of methoxy groups -OCH3 is 1. The molecular formula is C16H26N2O3. The maximum atomic E-state index is 11.9. The van der Waals surface area contributed by atoms with Crippen LogP contribution in [-0.4, -0.2) is 38.8 Å². The molecule has 1 unspecified atom stereocenters. The summed E-state index contributed by atoms with van der Waals surface area (Å²) in [7, 11) is 1.65. The Bertz CT molecular complexity index is 406. The number of carbonyl (C=O) groups is 1. The van der Waals surface area contributed by atoms with E-state index >= 15 is 0 Å². The summed E-state index contributed by atoms with van der Waals surface area (Å²) in [4.78, 5) is 11.9. The number of nitrogens with one attached hydrogen (secondary N) is 2. The summed E-state index contributed by atoms with van der Waals surface area (Å²) in [6.07, 6.45) is 1.80. The fourth-order valence-corrected chi connectivity index (χ4v) is 1.76. The van der Waals surface area contributed by atoms with Crippen LogP contribution in [0.1, 0.15) is 26.7 Å². The van der Waals surface area contributed by atoms with E-state index in [1.807, 2.05) is 31.2 Å². The first kappa shape index (κ1) is 17.3. The number of carbonyl (C=O) groups excluding carboxylic acids is 1. The molecule has 1 rings (SSSR count). The van der Waals surface area contributed by atoms with Gasteiger partial charge in [0, 0.05) is 25.9 Å². The van der Waals surface area contributed by atoms with Gasteiger partial charge < -0.3 is 20.1 Å². The summed E-state index contributed by atoms with van der Waals surface area (Å²) in [6.45, 7) is 5.91. The molecule has 0 spiro atoms. The highest BCUT2D eigenvalue weighted by atomic mass is 16.5. The SMILES string of the molecule is CCCOc1ccc(NC(C)C(=O)NCCCOC)cc1. The molecule has 21 heavy (non-hydrogen) atoms. The van der Waals surface area contributed by atoms with Gasteiger partial charge in [-0.1, -0.05) is 6.92 Å². The van der Waals surface area contributed by atoms with Crippen LogP contribution in [0.4, 0.5) is 5.69 Å². The molecule has 0 aliphatic rings. The Morgan fingerprint density at radius 2 is 1.95 bits per heavy atom. The minimum atomic E-state index is -0.282. The molecule has 0 bridgehead atoms. The quantitative estimate of drug-likeness (QED) is 0.651. The van der Waals surface area contributed by atoms with Gasteiger partial charge in [0.25, 0.3) is 0 Å². The Hall–Kier alpha value is -1.75. The van der Waals surface area contributed by atoms with E-state index in [4.69, 9.17) is 9.47 Å². The second-order valence-corrected chi connectivity index (χ2v) is 4.88. The predicted molar refractivity (Wildman–Crippen MR) is 84.8 cm³/mol. The summed E-state index contributed by atoms with van der Waals surface area (Å²) in [5.41, 5.74) is 0.901. The minimum Gasteiger partial charge on any atom is -0.494 e. The number of amides is 1. The lowest BCUT2D eigenvalue weighted by molar-refractivity contribution is -0.121. The third-order valence-electron chi connectivity index (χ3n) is 2.93. The molecule has 5 nitrogen and oxygen atoms in total. The zero-order chi connectivity index (χ0) is 15.5. The molecule has 1 atom stereocenters. The smallest absolute Gasteiger partial charge is 0.242 e. The molecule has 118 valence electrons. The van der Waals surface area contributed by atoms with Crippen molar-refractivity contribution in [2.24, 2.45) is 0 Å². The van der Waals surface area contributed by atoms with E-state index in [0.29, 0.717) is 19.8 Å². The van der Waals surface area contributed by atoms with Gasteiger partial charge in [-0.25, -0.2) is 0 Å². The van der Waals surface area contributed by atoms with Gasteiger partial charge in [0.2, 0.25) is 5.91 Å². The Morgan fingerprint density at radius 3 is 2.57 bits per heavy atom. The zero-order valence-corrected chi connectivity index (χ0v) is 13.1. The third kappa shape index (κ3) is 6.99. The monoisotopic (exact) mass is 294 g/mol. The standard InChI is InChI=1S/C16H26N2O3/c1-4-11-21-15-8-6-14(7-9-15)18-13(2)16(19)17-10-5-12-20-3/h6-9,13,18H,4-5,10-12H2,1-3H3,(H,17,19). The van der Waals surface area contributed by atoms with Gasteiger partial charge in [-0.2, -0.15) is 0 Å². The van der Waals surface area contributed by atoms with E-state index in [1.165, 1.54) is 0 Å². The predicted octanol–water partition coefficient (Wildman–Crippen LogP) is 2.43. The highest BCUT2D eigenvalue weighted by Crippen LogP contribution is 2.16. The van der Waals surface area contributed by atoms with Crippen LogP contribution < -0.4 is 15.4 Å². The van der Waals surface area contributed by atoms with Crippen molar-refractivity contribution in [2.45, 2.75) is 32.7 Å². The first-order valence-electron chi connectivity index (χ1n) is 7.43. The first-order valence-corrected chi connectivity index (χ1v) is 7.43. The van der Waals surface area contributed by atoms with Gasteiger partial charge in [-0.15, -0.1) is 0 Å². The topological polar surface area (TPSA) is 59.6 Å². The summed E-state index contributed by atoms with van der Waals surface area (Å²) in [5.74, 6) is 0.830. The number of ether oxygens (including phenoxy) is 2. The van der Waals surface area contributed by atoms with Crippen LogP contribution >= 0.6 is 0 Å². The van der Waals surface area contributed by atoms with Crippen LogP contribution in [0, 0.1) is 0 Å². The van der Waals surface area contributed by atoms with Crippen molar-refractivity contribution in [2.75, 3.05) is 32.2 Å². The molecule has 0 heterocycles. The zero-order valence-electron chi connectivity index (χ0n) is 13.1. The van der Waals surface area contributed by atoms with E-state index in [9.17, 15) is 4.79 Å². The Balaban J connectivity index is 2.35. The van der Waals surface area contributed by atoms with Crippen molar-refractivity contribution in [1.29, 1.82) is 0 Å². The van der Waals surface area contributed by atoms with Crippen molar-refractivity contribution >= 4 is 11.6 Å². The van der Waals surface area contributed by atoms with Crippen molar-refractivity contribution < 1.29 is 14.3 Å². The number of hydrogen-bond donors (Lipinski definition) is 2. The summed E-state index contributed by atoms with van der Waals surface area (Å²) in [6, 6.07) is 7.36. The molecule has 1 aromatic carbocycles. The van der Waals surface area contributed by atoms with Crippen molar-refractivity contribution in [3.05, 3.63) is 24.3 Å². The molecular weight excluding hydrogens is 268 g/mol. The summed E-state index contributed by atoms with van der Waals surface area (Å²) in [5, 5.41) is 6.04. The molecule has 2 N–H and O–H groups in total. The minimum absolute atomic E-state index is 0.0163. The van der Waals surface area contributed by atoms with E-state index in [2.05, 4.69) is 17.6 Å². The number of hydrogen-bond acceptors (Lipinski definition) is 4. The molecule has 0 aliphatic carbocycles. The van der Waals surface area contributed by atoms with Gasteiger partial charge in [0.15, 0.2) is 0 Å². The van der Waals surface area contributed by atoms with Crippen LogP contribution in [0.5, 0.6) is 5.75 Å². The number of benzene rings is 1. The van der Waals surface area contributed by atoms with Gasteiger partial charge in [-0.3, -0.25) is 4.79 Å². The number of rotatable bonds is 10. The van der Waals surface area contributed by atoms with Crippen LogP contribution in [0.3, 0.4) is 0 Å². The molecule has 0 aliphatic heterocycles.